The predicted octanol–water partition coefficient (Wildman–Crippen LogP) is 9.16. The Balaban J connectivity index is 0.000000250. The van der Waals surface area contributed by atoms with E-state index in [1.54, 1.807) is 0 Å². The van der Waals surface area contributed by atoms with Crippen LogP contribution in [0.2, 0.25) is 5.02 Å². The molecule has 4 aromatic rings. The Morgan fingerprint density at radius 2 is 1.77 bits per heavy atom. The summed E-state index contributed by atoms with van der Waals surface area (Å²) in [7, 11) is -4.08. The summed E-state index contributed by atoms with van der Waals surface area (Å²) < 4.78 is 31.0. The topological polar surface area (TPSA) is 105 Å². The van der Waals surface area contributed by atoms with Crippen molar-refractivity contribution in [1.82, 2.24) is 4.98 Å². The molecule has 0 aliphatic heterocycles. The zero-order valence-corrected chi connectivity index (χ0v) is 30.3. The van der Waals surface area contributed by atoms with E-state index in [-0.39, 0.29) is 22.4 Å². The number of carbonyl (C=O) groups excluding carboxylic acids is 1. The van der Waals surface area contributed by atoms with Crippen LogP contribution < -0.4 is 0 Å². The van der Waals surface area contributed by atoms with Crippen molar-refractivity contribution in [1.29, 1.82) is 0 Å². The van der Waals surface area contributed by atoms with Gasteiger partial charge in [0.05, 0.1) is 28.0 Å². The third kappa shape index (κ3) is 8.06. The van der Waals surface area contributed by atoms with Crippen molar-refractivity contribution in [3.05, 3.63) is 112 Å². The summed E-state index contributed by atoms with van der Waals surface area (Å²) in [4.78, 5) is 16.6. The van der Waals surface area contributed by atoms with Crippen molar-refractivity contribution < 1.29 is 22.9 Å². The molecule has 2 N–H and O–H groups in total. The van der Waals surface area contributed by atoms with Gasteiger partial charge in [-0.25, -0.2) is 4.98 Å². The van der Waals surface area contributed by atoms with Gasteiger partial charge >= 0.3 is 0 Å². The summed E-state index contributed by atoms with van der Waals surface area (Å²) in [5, 5.41) is 12.3. The van der Waals surface area contributed by atoms with E-state index < -0.39 is 26.9 Å². The van der Waals surface area contributed by atoms with Gasteiger partial charge in [-0.05, 0) is 97.4 Å². The maximum atomic E-state index is 11.9. The second-order valence-electron chi connectivity index (χ2n) is 14.2. The standard InChI is InChI=1S/C29H28ClNOS.C10H16O4S/c1-29(2,32)26-9-4-3-7-21(26)13-17-28(33)23-8-5-6-20(18-23)10-15-25-16-12-22-11-14-24(30)19-27(22)31-25;1-9(2)7-3-4-10(9,8(11)5-7)6-15(12,13)14/h3-12,14-16,18-19,28,32-33H,13,17H2,1-2H3;7H,3-6H2,1-2H3,(H,12,13,14). The average molecular weight is 706 g/mol. The minimum Gasteiger partial charge on any atom is -0.386 e. The summed E-state index contributed by atoms with van der Waals surface area (Å²) in [6, 6.07) is 26.4. The number of aliphatic hydroxyl groups is 1. The number of rotatable bonds is 9. The van der Waals surface area contributed by atoms with E-state index in [0.717, 1.165) is 47.0 Å². The molecule has 1 heterocycles. The van der Waals surface area contributed by atoms with E-state index in [1.807, 2.05) is 76.2 Å². The van der Waals surface area contributed by atoms with Crippen LogP contribution in [-0.2, 0) is 26.9 Å². The molecule has 0 radical (unpaired) electrons. The highest BCUT2D eigenvalue weighted by Crippen LogP contribution is 2.64. The third-order valence-electron chi connectivity index (χ3n) is 10.3. The number of ketones is 1. The average Bonchev–Trinajstić information content (AvgIpc) is 3.36. The number of halogens is 1. The van der Waals surface area contributed by atoms with E-state index in [0.29, 0.717) is 17.9 Å². The number of hydrogen-bond acceptors (Lipinski definition) is 6. The number of nitrogens with zero attached hydrogens (tertiary/aromatic N) is 1. The Hall–Kier alpha value is -3.01. The molecule has 6 rings (SSSR count). The zero-order chi connectivity index (χ0) is 34.9. The van der Waals surface area contributed by atoms with E-state index in [4.69, 9.17) is 33.8 Å². The third-order valence-corrected chi connectivity index (χ3v) is 12.0. The molecule has 3 atom stereocenters. The van der Waals surface area contributed by atoms with Gasteiger partial charge in [-0.15, -0.1) is 0 Å². The van der Waals surface area contributed by atoms with Crippen LogP contribution in [0.25, 0.3) is 23.1 Å². The highest BCUT2D eigenvalue weighted by molar-refractivity contribution is 7.85. The lowest BCUT2D eigenvalue weighted by Gasteiger charge is -2.35. The van der Waals surface area contributed by atoms with Gasteiger partial charge in [0.15, 0.2) is 0 Å². The fourth-order valence-electron chi connectivity index (χ4n) is 7.46. The SMILES string of the molecule is CC(C)(O)c1ccccc1CCC(S)c1cccc(C=Cc2ccc3ccc(Cl)cc3n2)c1.CC1(C)C2CCC1(CS(=O)(=O)O)C(=O)C2. The minimum atomic E-state index is -4.08. The summed E-state index contributed by atoms with van der Waals surface area (Å²) >= 11 is 11.0. The van der Waals surface area contributed by atoms with Gasteiger partial charge in [0, 0.05) is 22.1 Å². The normalized spacial score (nSPS) is 21.0. The summed E-state index contributed by atoms with van der Waals surface area (Å²) in [6.07, 6.45) is 7.81. The smallest absolute Gasteiger partial charge is 0.265 e. The van der Waals surface area contributed by atoms with E-state index >= 15 is 0 Å². The number of aromatic nitrogens is 1. The highest BCUT2D eigenvalue weighted by Gasteiger charge is 2.65. The van der Waals surface area contributed by atoms with Gasteiger partial charge in [0.1, 0.15) is 5.78 Å². The maximum Gasteiger partial charge on any atom is 0.265 e. The number of Topliss-reactive ketones (excluding diaryl/α,β-unsaturated/α-hetero) is 1. The number of hydrogen-bond donors (Lipinski definition) is 3. The van der Waals surface area contributed by atoms with E-state index in [1.165, 1.54) is 11.1 Å². The van der Waals surface area contributed by atoms with Crippen LogP contribution in [0.1, 0.15) is 86.6 Å². The molecule has 2 bridgehead atoms. The van der Waals surface area contributed by atoms with Crippen LogP contribution in [0.15, 0.2) is 78.9 Å². The second kappa shape index (κ2) is 14.1. The van der Waals surface area contributed by atoms with Gasteiger partial charge < -0.3 is 5.11 Å². The molecular weight excluding hydrogens is 662 g/mol. The van der Waals surface area contributed by atoms with Crippen molar-refractivity contribution in [2.75, 3.05) is 5.75 Å². The first-order valence-corrected chi connectivity index (χ1v) is 18.8. The van der Waals surface area contributed by atoms with Crippen molar-refractivity contribution in [3.8, 4) is 0 Å². The molecule has 1 aromatic heterocycles. The molecular formula is C39H44ClNO5S2. The molecule has 48 heavy (non-hydrogen) atoms. The number of carbonyl (C=O) groups is 1. The Labute approximate surface area is 294 Å². The lowest BCUT2D eigenvalue weighted by molar-refractivity contribution is -0.128. The number of pyridine rings is 1. The first kappa shape index (κ1) is 36.3. The Morgan fingerprint density at radius 3 is 2.44 bits per heavy atom. The first-order chi connectivity index (χ1) is 22.5. The summed E-state index contributed by atoms with van der Waals surface area (Å²) in [5.41, 5.74) is 4.24. The predicted molar refractivity (Wildman–Crippen MR) is 199 cm³/mol. The molecule has 9 heteroatoms. The number of thiol groups is 1. The van der Waals surface area contributed by atoms with E-state index in [9.17, 15) is 18.3 Å². The molecule has 2 aliphatic carbocycles. The van der Waals surface area contributed by atoms with Crippen molar-refractivity contribution >= 4 is 63.2 Å². The van der Waals surface area contributed by atoms with Crippen LogP contribution >= 0.6 is 24.2 Å². The fraction of sp³-hybridized carbons (Fsp3) is 0.385. The number of aryl methyl sites for hydroxylation is 1. The molecule has 0 saturated heterocycles. The minimum absolute atomic E-state index is 0.0152. The Morgan fingerprint density at radius 1 is 1.04 bits per heavy atom. The fourth-order valence-corrected chi connectivity index (χ4v) is 9.22. The lowest BCUT2D eigenvalue weighted by atomic mass is 9.70. The van der Waals surface area contributed by atoms with E-state index in [2.05, 4.69) is 42.5 Å². The van der Waals surface area contributed by atoms with Crippen LogP contribution in [-0.4, -0.2) is 34.6 Å². The first-order valence-electron chi connectivity index (χ1n) is 16.3. The quantitative estimate of drug-likeness (QED) is 0.119. The van der Waals surface area contributed by atoms with Crippen LogP contribution in [0.3, 0.4) is 0 Å². The van der Waals surface area contributed by atoms with Crippen LogP contribution in [0.4, 0.5) is 0 Å². The summed E-state index contributed by atoms with van der Waals surface area (Å²) in [5.74, 6) is -0.101. The molecule has 2 saturated carbocycles. The number of fused-ring (bicyclic) bond motifs is 3. The maximum absolute atomic E-state index is 11.9. The lowest BCUT2D eigenvalue weighted by Crippen LogP contribution is -2.42. The molecule has 2 aliphatic rings. The van der Waals surface area contributed by atoms with Gasteiger partial charge in [-0.1, -0.05) is 92.2 Å². The molecule has 0 spiro atoms. The monoisotopic (exact) mass is 705 g/mol. The van der Waals surface area contributed by atoms with Crippen LogP contribution in [0, 0.1) is 16.7 Å². The molecule has 254 valence electrons. The van der Waals surface area contributed by atoms with Gasteiger partial charge in [-0.3, -0.25) is 9.35 Å². The van der Waals surface area contributed by atoms with Crippen molar-refractivity contribution in [2.45, 2.75) is 70.7 Å². The largest absolute Gasteiger partial charge is 0.386 e. The van der Waals surface area contributed by atoms with Crippen LogP contribution in [0.5, 0.6) is 0 Å². The molecule has 6 nitrogen and oxygen atoms in total. The van der Waals surface area contributed by atoms with Gasteiger partial charge in [0.25, 0.3) is 10.1 Å². The van der Waals surface area contributed by atoms with Crippen molar-refractivity contribution in [2.24, 2.45) is 16.7 Å². The Kier molecular flexibility index (Phi) is 10.6. The van der Waals surface area contributed by atoms with Gasteiger partial charge in [-0.2, -0.15) is 21.0 Å². The molecule has 3 unspecified atom stereocenters. The molecule has 2 fully saturated rings. The zero-order valence-electron chi connectivity index (χ0n) is 27.9. The van der Waals surface area contributed by atoms with Gasteiger partial charge in [0.2, 0.25) is 0 Å². The number of benzene rings is 3. The molecule has 3 aromatic carbocycles. The van der Waals surface area contributed by atoms with Crippen molar-refractivity contribution in [3.63, 3.8) is 0 Å². The second-order valence-corrected chi connectivity index (χ2v) is 16.8. The highest BCUT2D eigenvalue weighted by atomic mass is 35.5. The Bertz CT molecular complexity index is 1950. The molecule has 0 amide bonds. The summed E-state index contributed by atoms with van der Waals surface area (Å²) in [6.45, 7) is 7.55.